The van der Waals surface area contributed by atoms with Gasteiger partial charge in [-0.15, -0.1) is 0 Å². The molecule has 0 saturated carbocycles. The van der Waals surface area contributed by atoms with Gasteiger partial charge in [0.15, 0.2) is 0 Å². The predicted octanol–water partition coefficient (Wildman–Crippen LogP) is 9.52. The summed E-state index contributed by atoms with van der Waals surface area (Å²) in [4.78, 5) is 0. The zero-order valence-corrected chi connectivity index (χ0v) is 21.1. The fourth-order valence-electron chi connectivity index (χ4n) is 4.58. The standard InChI is InChI=1S/C30H25O3PS/c1-2-35-20-28(23-12-4-3-5-13-23)33-34-31-26-18-16-21-10-6-8-14-24(21)29(26)30-25-15-9-7-11-22(25)17-19-27(30)32-34/h3-19,28H,2,20H2,1H3/t28-/m0/s1. The van der Waals surface area contributed by atoms with Gasteiger partial charge in [-0.1, -0.05) is 97.9 Å². The Morgan fingerprint density at radius 2 is 1.23 bits per heavy atom. The maximum Gasteiger partial charge on any atom is 0.388 e. The van der Waals surface area contributed by atoms with E-state index in [1.807, 2.05) is 30.0 Å². The summed E-state index contributed by atoms with van der Waals surface area (Å²) in [6, 6.07) is 35.5. The van der Waals surface area contributed by atoms with E-state index in [0.29, 0.717) is 0 Å². The highest BCUT2D eigenvalue weighted by molar-refractivity contribution is 7.99. The lowest BCUT2D eigenvalue weighted by Crippen LogP contribution is -2.09. The molecular weight excluding hydrogens is 471 g/mol. The Morgan fingerprint density at radius 1 is 0.686 bits per heavy atom. The summed E-state index contributed by atoms with van der Waals surface area (Å²) in [5, 5.41) is 6.74. The SMILES string of the molecule is CCSC[C@H](Op1oc2ccc3ccccc3c2c2c(ccc3ccccc32)o1)c1ccccc1. The summed E-state index contributed by atoms with van der Waals surface area (Å²) in [6.07, 6.45) is -0.127. The first-order valence-electron chi connectivity index (χ1n) is 11.8. The van der Waals surface area contributed by atoms with Crippen LogP contribution in [0.1, 0.15) is 18.6 Å². The summed E-state index contributed by atoms with van der Waals surface area (Å²) in [5.41, 5.74) is 2.71. The van der Waals surface area contributed by atoms with Crippen LogP contribution in [0.5, 0.6) is 0 Å². The second kappa shape index (κ2) is 9.83. The molecule has 35 heavy (non-hydrogen) atoms. The number of hydrogen-bond donors (Lipinski definition) is 0. The number of fused-ring (bicyclic) bond motifs is 7. The van der Waals surface area contributed by atoms with Crippen LogP contribution in [0.2, 0.25) is 0 Å². The van der Waals surface area contributed by atoms with Crippen molar-refractivity contribution in [3.8, 4) is 0 Å². The van der Waals surface area contributed by atoms with Crippen molar-refractivity contribution in [3.05, 3.63) is 109 Å². The zero-order chi connectivity index (χ0) is 23.6. The molecule has 174 valence electrons. The number of benzene rings is 5. The molecule has 5 heteroatoms. The van der Waals surface area contributed by atoms with Gasteiger partial charge in [-0.25, -0.2) is 0 Å². The lowest BCUT2D eigenvalue weighted by atomic mass is 9.99. The van der Waals surface area contributed by atoms with Crippen molar-refractivity contribution in [1.82, 2.24) is 0 Å². The summed E-state index contributed by atoms with van der Waals surface area (Å²) < 4.78 is 19.7. The van der Waals surface area contributed by atoms with E-state index in [1.54, 1.807) is 0 Å². The first kappa shape index (κ1) is 22.3. The Balaban J connectivity index is 1.65. The molecule has 0 radical (unpaired) electrons. The number of hydrogen-bond acceptors (Lipinski definition) is 4. The van der Waals surface area contributed by atoms with Gasteiger partial charge in [0.05, 0.1) is 0 Å². The Labute approximate surface area is 209 Å². The van der Waals surface area contributed by atoms with E-state index in [1.165, 1.54) is 10.8 Å². The lowest BCUT2D eigenvalue weighted by molar-refractivity contribution is 0.290. The molecule has 0 aliphatic carbocycles. The maximum absolute atomic E-state index is 6.60. The molecule has 1 atom stereocenters. The van der Waals surface area contributed by atoms with Gasteiger partial charge in [-0.2, -0.15) is 11.8 Å². The zero-order valence-electron chi connectivity index (χ0n) is 19.4. The third-order valence-corrected chi connectivity index (χ3v) is 8.30. The van der Waals surface area contributed by atoms with Crippen LogP contribution in [0, 0.1) is 0 Å². The summed E-state index contributed by atoms with van der Waals surface area (Å²) in [7, 11) is -1.68. The van der Waals surface area contributed by atoms with Crippen molar-refractivity contribution in [2.75, 3.05) is 11.5 Å². The smallest absolute Gasteiger partial charge is 0.388 e. The van der Waals surface area contributed by atoms with Gasteiger partial charge in [0.2, 0.25) is 0 Å². The third-order valence-electron chi connectivity index (χ3n) is 6.24. The summed E-state index contributed by atoms with van der Waals surface area (Å²) in [6.45, 7) is 2.17. The Hall–Kier alpha value is -3.17. The van der Waals surface area contributed by atoms with Crippen molar-refractivity contribution in [3.63, 3.8) is 0 Å². The van der Waals surface area contributed by atoms with Crippen LogP contribution in [-0.4, -0.2) is 11.5 Å². The van der Waals surface area contributed by atoms with Crippen LogP contribution in [0.3, 0.4) is 0 Å². The van der Waals surface area contributed by atoms with Crippen molar-refractivity contribution in [2.24, 2.45) is 0 Å². The third kappa shape index (κ3) is 4.34. The van der Waals surface area contributed by atoms with E-state index in [0.717, 1.165) is 49.8 Å². The lowest BCUT2D eigenvalue weighted by Gasteiger charge is -2.15. The van der Waals surface area contributed by atoms with Gasteiger partial charge in [-0.05, 0) is 45.0 Å². The molecule has 0 bridgehead atoms. The van der Waals surface area contributed by atoms with Crippen LogP contribution < -0.4 is 4.52 Å². The quantitative estimate of drug-likeness (QED) is 0.230. The van der Waals surface area contributed by atoms with Crippen LogP contribution in [0.4, 0.5) is 0 Å². The van der Waals surface area contributed by atoms with Gasteiger partial charge in [0.1, 0.15) is 17.3 Å². The highest BCUT2D eigenvalue weighted by Crippen LogP contribution is 2.41. The monoisotopic (exact) mass is 496 g/mol. The number of rotatable bonds is 6. The van der Waals surface area contributed by atoms with Gasteiger partial charge in [-0.3, -0.25) is 4.52 Å². The van der Waals surface area contributed by atoms with Crippen molar-refractivity contribution >= 4 is 63.5 Å². The Morgan fingerprint density at radius 3 is 1.80 bits per heavy atom. The van der Waals surface area contributed by atoms with Crippen LogP contribution in [-0.2, 0) is 0 Å². The molecule has 0 aliphatic heterocycles. The molecule has 1 heterocycles. The highest BCUT2D eigenvalue weighted by atomic mass is 32.2. The van der Waals surface area contributed by atoms with Crippen molar-refractivity contribution < 1.29 is 12.9 Å². The largest absolute Gasteiger partial charge is 0.399 e. The second-order valence-electron chi connectivity index (χ2n) is 8.39. The normalized spacial score (nSPS) is 12.5. The molecular formula is C30H25O3PS. The predicted molar refractivity (Wildman–Crippen MR) is 150 cm³/mol. The molecule has 0 saturated heterocycles. The molecule has 5 aromatic carbocycles. The van der Waals surface area contributed by atoms with Crippen molar-refractivity contribution in [2.45, 2.75) is 13.0 Å². The molecule has 3 nitrogen and oxygen atoms in total. The first-order valence-corrected chi connectivity index (χ1v) is 14.1. The average molecular weight is 497 g/mol. The molecule has 0 spiro atoms. The van der Waals surface area contributed by atoms with Crippen molar-refractivity contribution in [1.29, 1.82) is 0 Å². The van der Waals surface area contributed by atoms with E-state index in [4.69, 9.17) is 12.9 Å². The fraction of sp³-hybridized carbons (Fsp3) is 0.133. The summed E-state index contributed by atoms with van der Waals surface area (Å²) >= 11 is 1.85. The highest BCUT2D eigenvalue weighted by Gasteiger charge is 2.18. The first-order chi connectivity index (χ1) is 17.3. The minimum Gasteiger partial charge on any atom is -0.399 e. The van der Waals surface area contributed by atoms with E-state index in [-0.39, 0.29) is 6.10 Å². The van der Waals surface area contributed by atoms with Crippen LogP contribution in [0.15, 0.2) is 112 Å². The van der Waals surface area contributed by atoms with Crippen LogP contribution in [0.25, 0.3) is 43.5 Å². The van der Waals surface area contributed by atoms with Crippen LogP contribution >= 0.6 is 20.0 Å². The van der Waals surface area contributed by atoms with E-state index in [9.17, 15) is 0 Å². The van der Waals surface area contributed by atoms with Gasteiger partial charge in [0, 0.05) is 16.5 Å². The number of thioether (sulfide) groups is 1. The molecule has 6 aromatic rings. The maximum atomic E-state index is 6.60. The minimum absolute atomic E-state index is 0.127. The van der Waals surface area contributed by atoms with E-state index in [2.05, 4.69) is 91.9 Å². The summed E-state index contributed by atoms with van der Waals surface area (Å²) in [5.74, 6) is 1.86. The molecule has 0 fully saturated rings. The molecule has 1 aromatic heterocycles. The van der Waals surface area contributed by atoms with Gasteiger partial charge >= 0.3 is 8.24 Å². The van der Waals surface area contributed by atoms with E-state index >= 15 is 0 Å². The topological polar surface area (TPSA) is 35.5 Å². The molecule has 6 rings (SSSR count). The second-order valence-corrected chi connectivity index (χ2v) is 10.7. The van der Waals surface area contributed by atoms with E-state index < -0.39 is 8.24 Å². The van der Waals surface area contributed by atoms with Gasteiger partial charge < -0.3 is 8.39 Å². The minimum atomic E-state index is -1.68. The fourth-order valence-corrected chi connectivity index (χ4v) is 6.54. The molecule has 0 unspecified atom stereocenters. The van der Waals surface area contributed by atoms with Gasteiger partial charge in [0.25, 0.3) is 0 Å². The molecule has 0 aliphatic rings. The average Bonchev–Trinajstić information content (AvgIpc) is 3.08. The molecule has 0 amide bonds. The molecule has 0 N–H and O–H groups in total. The Kier molecular flexibility index (Phi) is 6.26. The Bertz CT molecular complexity index is 1580.